The van der Waals surface area contributed by atoms with E-state index in [9.17, 15) is 18.8 Å². The maximum atomic E-state index is 14.5. The van der Waals surface area contributed by atoms with Gasteiger partial charge in [-0.05, 0) is 18.2 Å². The Balaban J connectivity index is 0.000000420. The fraction of sp³-hybridized carbons (Fsp3) is 0.0741. The van der Waals surface area contributed by atoms with Crippen LogP contribution in [-0.4, -0.2) is 29.1 Å². The molecule has 1 heterocycles. The summed E-state index contributed by atoms with van der Waals surface area (Å²) in [5.41, 5.74) is 5.99. The third-order valence-corrected chi connectivity index (χ3v) is 5.17. The van der Waals surface area contributed by atoms with Gasteiger partial charge in [-0.2, -0.15) is 0 Å². The van der Waals surface area contributed by atoms with E-state index in [1.54, 1.807) is 36.4 Å². The van der Waals surface area contributed by atoms with Crippen LogP contribution in [0.1, 0.15) is 32.8 Å². The first-order chi connectivity index (χ1) is 16.9. The van der Waals surface area contributed by atoms with Gasteiger partial charge < -0.3 is 16.0 Å². The molecule has 3 aromatic carbocycles. The van der Waals surface area contributed by atoms with Crippen molar-refractivity contribution in [2.45, 2.75) is 6.42 Å². The van der Waals surface area contributed by atoms with Crippen LogP contribution in [0.4, 0.5) is 4.39 Å². The molecule has 0 saturated carbocycles. The van der Waals surface area contributed by atoms with Gasteiger partial charge in [0.2, 0.25) is 11.7 Å². The Morgan fingerprint density at radius 3 is 2.06 bits per heavy atom. The Bertz CT molecular complexity index is 1310. The molecule has 0 aliphatic carbocycles. The molecule has 0 spiro atoms. The third kappa shape index (κ3) is 6.88. The number of nitrogens with one attached hydrogen (secondary N) is 2. The van der Waals surface area contributed by atoms with Gasteiger partial charge in [-0.25, -0.2) is 4.39 Å². The molecular formula is C27H23ClFN3O3. The number of benzene rings is 3. The lowest BCUT2D eigenvalue weighted by Gasteiger charge is -2.09. The molecule has 2 amide bonds. The summed E-state index contributed by atoms with van der Waals surface area (Å²) in [4.78, 5) is 39.2. The third-order valence-electron chi connectivity index (χ3n) is 4.92. The summed E-state index contributed by atoms with van der Waals surface area (Å²) >= 11 is 5.54. The molecule has 4 aromatic rings. The lowest BCUT2D eigenvalue weighted by atomic mass is 9.96. The van der Waals surface area contributed by atoms with Crippen LogP contribution in [0, 0.1) is 5.82 Å². The maximum Gasteiger partial charge on any atom is 0.253 e. The minimum absolute atomic E-state index is 0.0268. The van der Waals surface area contributed by atoms with E-state index in [1.165, 1.54) is 24.4 Å². The first kappa shape index (κ1) is 25.4. The Hall–Kier alpha value is -4.23. The van der Waals surface area contributed by atoms with Gasteiger partial charge >= 0.3 is 0 Å². The largest absolute Gasteiger partial charge is 0.370 e. The zero-order chi connectivity index (χ0) is 25.2. The predicted octanol–water partition coefficient (Wildman–Crippen LogP) is 5.00. The first-order valence-electron chi connectivity index (χ1n) is 10.7. The number of primary amides is 1. The van der Waals surface area contributed by atoms with Crippen LogP contribution in [0.2, 0.25) is 5.02 Å². The van der Waals surface area contributed by atoms with Crippen molar-refractivity contribution in [1.29, 1.82) is 0 Å². The number of hydrogen-bond donors (Lipinski definition) is 3. The number of H-pyrrole nitrogens is 1. The maximum absolute atomic E-state index is 14.5. The number of aromatic nitrogens is 1. The van der Waals surface area contributed by atoms with Gasteiger partial charge in [-0.1, -0.05) is 78.3 Å². The number of carbonyl (C=O) groups is 3. The number of ketones is 1. The van der Waals surface area contributed by atoms with E-state index in [4.69, 9.17) is 17.3 Å². The van der Waals surface area contributed by atoms with Crippen molar-refractivity contribution in [2.24, 2.45) is 5.73 Å². The summed E-state index contributed by atoms with van der Waals surface area (Å²) < 4.78 is 14.5. The second-order valence-corrected chi connectivity index (χ2v) is 7.83. The van der Waals surface area contributed by atoms with E-state index in [0.717, 1.165) is 5.02 Å². The van der Waals surface area contributed by atoms with Crippen LogP contribution >= 0.6 is 11.6 Å². The van der Waals surface area contributed by atoms with Crippen LogP contribution in [0.15, 0.2) is 91.1 Å². The predicted molar refractivity (Wildman–Crippen MR) is 134 cm³/mol. The summed E-state index contributed by atoms with van der Waals surface area (Å²) in [6, 6.07) is 23.8. The van der Waals surface area contributed by atoms with Crippen molar-refractivity contribution in [2.75, 3.05) is 6.54 Å². The molecule has 4 N–H and O–H groups in total. The molecule has 0 saturated heterocycles. The molecule has 178 valence electrons. The highest BCUT2D eigenvalue weighted by atomic mass is 35.5. The average molecular weight is 492 g/mol. The Labute approximate surface area is 206 Å². The van der Waals surface area contributed by atoms with E-state index in [2.05, 4.69) is 10.3 Å². The molecule has 0 unspecified atom stereocenters. The zero-order valence-electron chi connectivity index (χ0n) is 18.6. The van der Waals surface area contributed by atoms with Crippen molar-refractivity contribution in [3.8, 4) is 11.1 Å². The van der Waals surface area contributed by atoms with Crippen LogP contribution in [0.3, 0.4) is 0 Å². The normalized spacial score (nSPS) is 10.1. The molecule has 8 heteroatoms. The number of hydrogen-bond acceptors (Lipinski definition) is 3. The van der Waals surface area contributed by atoms with E-state index >= 15 is 0 Å². The molecule has 4 rings (SSSR count). The Morgan fingerprint density at radius 2 is 1.49 bits per heavy atom. The first-order valence-corrected chi connectivity index (χ1v) is 11.1. The lowest BCUT2D eigenvalue weighted by Crippen LogP contribution is -2.28. The molecule has 0 aliphatic heterocycles. The standard InChI is InChI=1S/C21H18FN3O3.C6H5Cl/c22-16-9-5-4-8-14(16)18-15(21(28)24-11-10-17(23)26)12-25-19(18)20(27)13-6-2-1-3-7-13;7-6-4-2-1-3-5-6/h1-9,12,25H,10-11H2,(H2,23,26)(H,24,28);1-5H. The SMILES string of the molecule is Clc1ccccc1.NC(=O)CCNC(=O)c1c[nH]c(C(=O)c2ccccc2)c1-c1ccccc1F. The summed E-state index contributed by atoms with van der Waals surface area (Å²) in [7, 11) is 0. The van der Waals surface area contributed by atoms with Gasteiger partial charge in [0.15, 0.2) is 0 Å². The summed E-state index contributed by atoms with van der Waals surface area (Å²) in [5, 5.41) is 3.35. The van der Waals surface area contributed by atoms with E-state index in [0.29, 0.717) is 5.56 Å². The highest BCUT2D eigenvalue weighted by Crippen LogP contribution is 2.31. The molecule has 35 heavy (non-hydrogen) atoms. The van der Waals surface area contributed by atoms with Crippen LogP contribution in [0.5, 0.6) is 0 Å². The molecule has 0 radical (unpaired) electrons. The zero-order valence-corrected chi connectivity index (χ0v) is 19.4. The highest BCUT2D eigenvalue weighted by molar-refractivity contribution is 6.30. The number of aromatic amines is 1. The molecule has 0 fully saturated rings. The van der Waals surface area contributed by atoms with Crippen molar-refractivity contribution in [3.05, 3.63) is 119 Å². The average Bonchev–Trinajstić information content (AvgIpc) is 3.30. The molecule has 1 aromatic heterocycles. The van der Waals surface area contributed by atoms with Crippen LogP contribution in [0.25, 0.3) is 11.1 Å². The summed E-state index contributed by atoms with van der Waals surface area (Å²) in [5.74, 6) is -2.02. The summed E-state index contributed by atoms with van der Waals surface area (Å²) in [6.45, 7) is 0.0397. The van der Waals surface area contributed by atoms with Crippen LogP contribution in [-0.2, 0) is 4.79 Å². The van der Waals surface area contributed by atoms with E-state index in [-0.39, 0.29) is 41.1 Å². The van der Waals surface area contributed by atoms with Crippen molar-refractivity contribution in [3.63, 3.8) is 0 Å². The smallest absolute Gasteiger partial charge is 0.253 e. The molecular weight excluding hydrogens is 469 g/mol. The van der Waals surface area contributed by atoms with Gasteiger partial charge in [0, 0.05) is 40.9 Å². The van der Waals surface area contributed by atoms with Gasteiger partial charge in [-0.15, -0.1) is 0 Å². The van der Waals surface area contributed by atoms with Crippen molar-refractivity contribution < 1.29 is 18.8 Å². The fourth-order valence-corrected chi connectivity index (χ4v) is 3.41. The molecule has 0 aliphatic rings. The van der Waals surface area contributed by atoms with Gasteiger partial charge in [-0.3, -0.25) is 14.4 Å². The van der Waals surface area contributed by atoms with Crippen molar-refractivity contribution >= 4 is 29.2 Å². The molecule has 0 atom stereocenters. The van der Waals surface area contributed by atoms with Gasteiger partial charge in [0.1, 0.15) is 5.82 Å². The fourth-order valence-electron chi connectivity index (χ4n) is 3.27. The minimum Gasteiger partial charge on any atom is -0.370 e. The minimum atomic E-state index is -0.560. The van der Waals surface area contributed by atoms with E-state index < -0.39 is 17.6 Å². The number of carbonyl (C=O) groups excluding carboxylic acids is 3. The topological polar surface area (TPSA) is 105 Å². The Morgan fingerprint density at radius 1 is 0.886 bits per heavy atom. The van der Waals surface area contributed by atoms with Crippen LogP contribution < -0.4 is 11.1 Å². The number of nitrogens with two attached hydrogens (primary N) is 1. The number of amides is 2. The van der Waals surface area contributed by atoms with Gasteiger partial charge in [0.05, 0.1) is 11.3 Å². The van der Waals surface area contributed by atoms with E-state index in [1.807, 2.05) is 30.3 Å². The van der Waals surface area contributed by atoms with Crippen molar-refractivity contribution in [1.82, 2.24) is 10.3 Å². The monoisotopic (exact) mass is 491 g/mol. The lowest BCUT2D eigenvalue weighted by molar-refractivity contribution is -0.117. The number of halogens is 2. The number of rotatable bonds is 7. The highest BCUT2D eigenvalue weighted by Gasteiger charge is 2.25. The summed E-state index contributed by atoms with van der Waals surface area (Å²) in [6.07, 6.45) is 1.33. The second kappa shape index (κ2) is 12.3. The quantitative estimate of drug-likeness (QED) is 0.317. The molecule has 6 nitrogen and oxygen atoms in total. The molecule has 0 bridgehead atoms. The van der Waals surface area contributed by atoms with Gasteiger partial charge in [0.25, 0.3) is 5.91 Å². The second-order valence-electron chi connectivity index (χ2n) is 7.40. The Kier molecular flexibility index (Phi) is 8.92.